The molecule has 0 spiro atoms. The highest BCUT2D eigenvalue weighted by Crippen LogP contribution is 2.26. The second-order valence-electron chi connectivity index (χ2n) is 5.67. The van der Waals surface area contributed by atoms with Crippen molar-refractivity contribution >= 4 is 23.7 Å². The van der Waals surface area contributed by atoms with E-state index in [1.54, 1.807) is 30.3 Å². The first kappa shape index (κ1) is 19.5. The molecule has 0 saturated carbocycles. The van der Waals surface area contributed by atoms with E-state index in [2.05, 4.69) is 10.5 Å². The predicted molar refractivity (Wildman–Crippen MR) is 108 cm³/mol. The van der Waals surface area contributed by atoms with Crippen molar-refractivity contribution in [1.29, 1.82) is 0 Å². The summed E-state index contributed by atoms with van der Waals surface area (Å²) in [5, 5.41) is 4.51. The number of hydrogen-bond donors (Lipinski definition) is 1. The number of nitrogens with one attached hydrogen (secondary N) is 1. The van der Waals surface area contributed by atoms with Crippen LogP contribution >= 0.6 is 11.6 Å². The third-order valence-corrected chi connectivity index (χ3v) is 3.86. The van der Waals surface area contributed by atoms with Crippen molar-refractivity contribution in [2.24, 2.45) is 5.10 Å². The number of halogens is 1. The predicted octanol–water partition coefficient (Wildman–Crippen LogP) is 4.53. The second kappa shape index (κ2) is 9.62. The first-order valence-corrected chi connectivity index (χ1v) is 9.06. The minimum Gasteiger partial charge on any atom is -0.490 e. The van der Waals surface area contributed by atoms with E-state index < -0.39 is 5.91 Å². The van der Waals surface area contributed by atoms with Crippen LogP contribution in [-0.2, 0) is 4.79 Å². The van der Waals surface area contributed by atoms with Crippen LogP contribution in [0.25, 0.3) is 11.3 Å². The molecule has 0 aliphatic rings. The molecule has 7 heteroatoms. The Morgan fingerprint density at radius 3 is 2.64 bits per heavy atom. The molecule has 0 fully saturated rings. The van der Waals surface area contributed by atoms with E-state index in [1.807, 2.05) is 37.3 Å². The minimum atomic E-state index is -0.399. The molecule has 28 heavy (non-hydrogen) atoms. The molecule has 1 N–H and O–H groups in total. The van der Waals surface area contributed by atoms with Crippen molar-refractivity contribution in [2.45, 2.75) is 6.92 Å². The molecule has 3 aromatic rings. The highest BCUT2D eigenvalue weighted by Gasteiger charge is 2.07. The van der Waals surface area contributed by atoms with Crippen LogP contribution < -0.4 is 14.9 Å². The molecule has 3 rings (SSSR count). The minimum absolute atomic E-state index is 0.187. The summed E-state index contributed by atoms with van der Waals surface area (Å²) in [6, 6.07) is 18.1. The molecule has 0 bridgehead atoms. The summed E-state index contributed by atoms with van der Waals surface area (Å²) < 4.78 is 16.6. The summed E-state index contributed by atoms with van der Waals surface area (Å²) >= 11 is 5.99. The summed E-state index contributed by atoms with van der Waals surface area (Å²) in [5.41, 5.74) is 3.25. The van der Waals surface area contributed by atoms with Crippen molar-refractivity contribution < 1.29 is 18.7 Å². The van der Waals surface area contributed by atoms with Crippen LogP contribution in [0.5, 0.6) is 11.5 Å². The summed E-state index contributed by atoms with van der Waals surface area (Å²) in [6.45, 7) is 2.20. The SMILES string of the molecule is CCOc1ccccc1OCC(=O)N/N=C/c1ccc(-c2cccc(Cl)c2)o1. The standard InChI is InChI=1S/C21H19ClN2O4/c1-2-26-19-8-3-4-9-20(19)27-14-21(25)24-23-13-17-10-11-18(28-17)15-6-5-7-16(22)12-15/h3-13H,2,14H2,1H3,(H,24,25)/b23-13+. The zero-order valence-corrected chi connectivity index (χ0v) is 16.0. The van der Waals surface area contributed by atoms with E-state index in [4.69, 9.17) is 25.5 Å². The Labute approximate surface area is 167 Å². The van der Waals surface area contributed by atoms with Crippen molar-refractivity contribution in [2.75, 3.05) is 13.2 Å². The van der Waals surface area contributed by atoms with Gasteiger partial charge < -0.3 is 13.9 Å². The number of carbonyl (C=O) groups excluding carboxylic acids is 1. The molecule has 0 radical (unpaired) electrons. The van der Waals surface area contributed by atoms with Gasteiger partial charge in [-0.05, 0) is 43.3 Å². The third-order valence-electron chi connectivity index (χ3n) is 3.62. The summed E-state index contributed by atoms with van der Waals surface area (Å²) in [5.74, 6) is 1.85. The number of carbonyl (C=O) groups is 1. The number of rotatable bonds is 8. The fourth-order valence-corrected chi connectivity index (χ4v) is 2.60. The lowest BCUT2D eigenvalue weighted by atomic mass is 10.2. The van der Waals surface area contributed by atoms with E-state index >= 15 is 0 Å². The van der Waals surface area contributed by atoms with Gasteiger partial charge in [-0.1, -0.05) is 35.9 Å². The van der Waals surface area contributed by atoms with Crippen LogP contribution in [0.15, 0.2) is 70.2 Å². The van der Waals surface area contributed by atoms with Crippen LogP contribution in [0.1, 0.15) is 12.7 Å². The lowest BCUT2D eigenvalue weighted by molar-refractivity contribution is -0.123. The van der Waals surface area contributed by atoms with Gasteiger partial charge in [0.15, 0.2) is 18.1 Å². The number of para-hydroxylation sites is 2. The molecule has 0 atom stereocenters. The Hall–Kier alpha value is -3.25. The highest BCUT2D eigenvalue weighted by molar-refractivity contribution is 6.30. The Morgan fingerprint density at radius 2 is 1.89 bits per heavy atom. The number of nitrogens with zero attached hydrogens (tertiary/aromatic N) is 1. The molecule has 1 aromatic heterocycles. The fourth-order valence-electron chi connectivity index (χ4n) is 2.41. The van der Waals surface area contributed by atoms with Gasteiger partial charge in [-0.2, -0.15) is 5.10 Å². The maximum atomic E-state index is 11.9. The molecule has 0 saturated heterocycles. The molecule has 1 amide bonds. The average Bonchev–Trinajstić information content (AvgIpc) is 3.16. The average molecular weight is 399 g/mol. The zero-order chi connectivity index (χ0) is 19.8. The first-order chi connectivity index (χ1) is 13.7. The number of amides is 1. The smallest absolute Gasteiger partial charge is 0.277 e. The van der Waals surface area contributed by atoms with Gasteiger partial charge in [0.25, 0.3) is 5.91 Å². The third kappa shape index (κ3) is 5.37. The van der Waals surface area contributed by atoms with E-state index in [1.165, 1.54) is 6.21 Å². The zero-order valence-electron chi connectivity index (χ0n) is 15.2. The van der Waals surface area contributed by atoms with Gasteiger partial charge in [-0.25, -0.2) is 5.43 Å². The number of hydrazone groups is 1. The van der Waals surface area contributed by atoms with Crippen LogP contribution in [0.2, 0.25) is 5.02 Å². The lowest BCUT2D eigenvalue weighted by Crippen LogP contribution is -2.24. The van der Waals surface area contributed by atoms with Gasteiger partial charge in [0.05, 0.1) is 12.8 Å². The van der Waals surface area contributed by atoms with Gasteiger partial charge in [-0.15, -0.1) is 0 Å². The van der Waals surface area contributed by atoms with Gasteiger partial charge >= 0.3 is 0 Å². The van der Waals surface area contributed by atoms with Gasteiger partial charge in [0, 0.05) is 10.6 Å². The van der Waals surface area contributed by atoms with Crippen molar-refractivity contribution in [3.05, 3.63) is 71.4 Å². The van der Waals surface area contributed by atoms with E-state index in [-0.39, 0.29) is 6.61 Å². The van der Waals surface area contributed by atoms with Crippen LogP contribution in [-0.4, -0.2) is 25.3 Å². The summed E-state index contributed by atoms with van der Waals surface area (Å²) in [4.78, 5) is 11.9. The number of hydrogen-bond acceptors (Lipinski definition) is 5. The monoisotopic (exact) mass is 398 g/mol. The Kier molecular flexibility index (Phi) is 6.70. The second-order valence-corrected chi connectivity index (χ2v) is 6.11. The van der Waals surface area contributed by atoms with Crippen molar-refractivity contribution in [3.8, 4) is 22.8 Å². The normalized spacial score (nSPS) is 10.8. The van der Waals surface area contributed by atoms with Crippen molar-refractivity contribution in [1.82, 2.24) is 5.43 Å². The molecule has 1 heterocycles. The van der Waals surface area contributed by atoms with Crippen LogP contribution in [0.4, 0.5) is 0 Å². The molecule has 144 valence electrons. The Balaban J connectivity index is 1.52. The summed E-state index contributed by atoms with van der Waals surface area (Å²) in [6.07, 6.45) is 1.42. The largest absolute Gasteiger partial charge is 0.490 e. The molecule has 6 nitrogen and oxygen atoms in total. The van der Waals surface area contributed by atoms with Crippen molar-refractivity contribution in [3.63, 3.8) is 0 Å². The molecule has 0 aliphatic carbocycles. The Bertz CT molecular complexity index is 968. The quantitative estimate of drug-likeness (QED) is 0.447. The Morgan fingerprint density at radius 1 is 1.11 bits per heavy atom. The molecular weight excluding hydrogens is 380 g/mol. The first-order valence-electron chi connectivity index (χ1n) is 8.68. The molecule has 0 unspecified atom stereocenters. The maximum Gasteiger partial charge on any atom is 0.277 e. The van der Waals surface area contributed by atoms with E-state index in [0.29, 0.717) is 34.6 Å². The van der Waals surface area contributed by atoms with Crippen LogP contribution in [0, 0.1) is 0 Å². The highest BCUT2D eigenvalue weighted by atomic mass is 35.5. The lowest BCUT2D eigenvalue weighted by Gasteiger charge is -2.10. The van der Waals surface area contributed by atoms with Gasteiger partial charge in [0.2, 0.25) is 0 Å². The van der Waals surface area contributed by atoms with E-state index in [0.717, 1.165) is 5.56 Å². The topological polar surface area (TPSA) is 73.1 Å². The fraction of sp³-hybridized carbons (Fsp3) is 0.143. The number of ether oxygens (including phenoxy) is 2. The maximum absolute atomic E-state index is 11.9. The van der Waals surface area contributed by atoms with Gasteiger partial charge in [0.1, 0.15) is 11.5 Å². The summed E-state index contributed by atoms with van der Waals surface area (Å²) in [7, 11) is 0. The van der Waals surface area contributed by atoms with Crippen LogP contribution in [0.3, 0.4) is 0 Å². The molecule has 0 aliphatic heterocycles. The van der Waals surface area contributed by atoms with E-state index in [9.17, 15) is 4.79 Å². The molecular formula is C21H19ClN2O4. The number of benzene rings is 2. The molecule has 2 aromatic carbocycles. The van der Waals surface area contributed by atoms with Gasteiger partial charge in [-0.3, -0.25) is 4.79 Å². The number of furan rings is 1.